The summed E-state index contributed by atoms with van der Waals surface area (Å²) in [5.74, 6) is -0.0469. The van der Waals surface area contributed by atoms with Gasteiger partial charge in [-0.25, -0.2) is 4.39 Å². The van der Waals surface area contributed by atoms with E-state index in [1.807, 2.05) is 32.0 Å². The van der Waals surface area contributed by atoms with Gasteiger partial charge in [-0.05, 0) is 45.6 Å². The molecule has 0 bridgehead atoms. The van der Waals surface area contributed by atoms with E-state index < -0.39 is 0 Å². The molecule has 18 heavy (non-hydrogen) atoms. The summed E-state index contributed by atoms with van der Waals surface area (Å²) < 4.78 is 18.9. The number of ether oxygens (including phenoxy) is 1. The van der Waals surface area contributed by atoms with Crippen LogP contribution in [0.15, 0.2) is 18.2 Å². The van der Waals surface area contributed by atoms with E-state index in [1.165, 1.54) is 6.07 Å². The molecule has 0 aromatic heterocycles. The van der Waals surface area contributed by atoms with Crippen LogP contribution in [0.5, 0.6) is 5.75 Å². The number of hydrogen-bond donors (Lipinski definition) is 0. The van der Waals surface area contributed by atoms with Gasteiger partial charge in [0, 0.05) is 12.5 Å². The summed E-state index contributed by atoms with van der Waals surface area (Å²) in [6.45, 7) is 3.79. The van der Waals surface area contributed by atoms with Gasteiger partial charge in [0.05, 0.1) is 6.61 Å². The number of hydrogen-bond acceptors (Lipinski definition) is 3. The fourth-order valence-corrected chi connectivity index (χ4v) is 1.87. The molecule has 1 aromatic carbocycles. The van der Waals surface area contributed by atoms with Gasteiger partial charge in [0.15, 0.2) is 11.6 Å². The fraction of sp³-hybridized carbons (Fsp3) is 0.500. The number of carbonyl (C=O) groups excluding carboxylic acids is 1. The van der Waals surface area contributed by atoms with Crippen LogP contribution in [0, 0.1) is 5.82 Å². The van der Waals surface area contributed by atoms with E-state index in [1.54, 1.807) is 13.0 Å². The fourth-order valence-electron chi connectivity index (χ4n) is 1.87. The third kappa shape index (κ3) is 3.81. The van der Waals surface area contributed by atoms with Crippen LogP contribution in [0.1, 0.15) is 31.9 Å². The predicted octanol–water partition coefficient (Wildman–Crippen LogP) is 2.81. The molecule has 1 aromatic rings. The summed E-state index contributed by atoms with van der Waals surface area (Å²) in [7, 11) is 3.75. The monoisotopic (exact) mass is 253 g/mol. The molecule has 0 fully saturated rings. The molecule has 0 N–H and O–H groups in total. The van der Waals surface area contributed by atoms with Crippen molar-refractivity contribution < 1.29 is 13.9 Å². The lowest BCUT2D eigenvalue weighted by atomic mass is 10.0. The molecule has 0 aliphatic heterocycles. The van der Waals surface area contributed by atoms with Crippen LogP contribution in [0.2, 0.25) is 0 Å². The molecule has 0 aliphatic rings. The Morgan fingerprint density at radius 2 is 2.11 bits per heavy atom. The van der Waals surface area contributed by atoms with Crippen LogP contribution in [-0.2, 0) is 4.79 Å². The highest BCUT2D eigenvalue weighted by molar-refractivity contribution is 5.76. The molecule has 4 heteroatoms. The van der Waals surface area contributed by atoms with Gasteiger partial charge in [0.2, 0.25) is 0 Å². The Morgan fingerprint density at radius 1 is 1.44 bits per heavy atom. The van der Waals surface area contributed by atoms with Crippen molar-refractivity contribution in [2.75, 3.05) is 20.7 Å². The average molecular weight is 253 g/mol. The molecular formula is C14H20FNO2. The van der Waals surface area contributed by atoms with Crippen molar-refractivity contribution in [2.24, 2.45) is 0 Å². The van der Waals surface area contributed by atoms with E-state index in [4.69, 9.17) is 4.74 Å². The maximum absolute atomic E-state index is 13.8. The van der Waals surface area contributed by atoms with Gasteiger partial charge in [-0.1, -0.05) is 6.07 Å². The smallest absolute Gasteiger partial charge is 0.165 e. The molecule has 0 heterocycles. The molecule has 0 aliphatic carbocycles. The second-order valence-electron chi connectivity index (χ2n) is 4.51. The maximum Gasteiger partial charge on any atom is 0.165 e. The van der Waals surface area contributed by atoms with Gasteiger partial charge in [-0.2, -0.15) is 0 Å². The van der Waals surface area contributed by atoms with Gasteiger partial charge in [0.25, 0.3) is 0 Å². The van der Waals surface area contributed by atoms with Crippen molar-refractivity contribution in [3.8, 4) is 5.75 Å². The number of carbonyl (C=O) groups is 1. The van der Waals surface area contributed by atoms with Crippen LogP contribution in [0.25, 0.3) is 0 Å². The molecule has 100 valence electrons. The normalized spacial score (nSPS) is 12.6. The van der Waals surface area contributed by atoms with Crippen LogP contribution >= 0.6 is 0 Å². The number of Topliss-reactive ketones (excluding diaryl/α,β-unsaturated/α-hetero) is 1. The lowest BCUT2D eigenvalue weighted by molar-refractivity contribution is -0.118. The first-order valence-corrected chi connectivity index (χ1v) is 6.03. The topological polar surface area (TPSA) is 29.5 Å². The molecular weight excluding hydrogens is 233 g/mol. The van der Waals surface area contributed by atoms with E-state index in [-0.39, 0.29) is 23.4 Å². The van der Waals surface area contributed by atoms with Crippen molar-refractivity contribution >= 4 is 5.78 Å². The van der Waals surface area contributed by atoms with Crippen LogP contribution in [0.3, 0.4) is 0 Å². The minimum atomic E-state index is -0.384. The zero-order valence-electron chi connectivity index (χ0n) is 11.4. The highest BCUT2D eigenvalue weighted by atomic mass is 19.1. The quantitative estimate of drug-likeness (QED) is 0.780. The molecule has 0 radical (unpaired) electrons. The van der Waals surface area contributed by atoms with Gasteiger partial charge >= 0.3 is 0 Å². The Morgan fingerprint density at radius 3 is 2.56 bits per heavy atom. The first-order valence-electron chi connectivity index (χ1n) is 6.03. The first kappa shape index (κ1) is 14.6. The zero-order chi connectivity index (χ0) is 13.7. The maximum atomic E-state index is 13.8. The van der Waals surface area contributed by atoms with Crippen molar-refractivity contribution in [3.63, 3.8) is 0 Å². The van der Waals surface area contributed by atoms with Gasteiger partial charge in [-0.15, -0.1) is 0 Å². The van der Waals surface area contributed by atoms with E-state index in [0.717, 1.165) is 5.56 Å². The second-order valence-corrected chi connectivity index (χ2v) is 4.51. The zero-order valence-corrected chi connectivity index (χ0v) is 11.4. The Hall–Kier alpha value is -1.42. The lowest BCUT2D eigenvalue weighted by Crippen LogP contribution is -2.22. The highest BCUT2D eigenvalue weighted by Gasteiger charge is 2.18. The number of nitrogens with zero attached hydrogens (tertiary/aromatic N) is 1. The van der Waals surface area contributed by atoms with Gasteiger partial charge in [0.1, 0.15) is 5.78 Å². The molecule has 1 atom stereocenters. The number of halogens is 1. The lowest BCUT2D eigenvalue weighted by Gasteiger charge is -2.24. The average Bonchev–Trinajstić information content (AvgIpc) is 2.28. The van der Waals surface area contributed by atoms with Crippen molar-refractivity contribution in [2.45, 2.75) is 26.3 Å². The Balaban J connectivity index is 2.99. The highest BCUT2D eigenvalue weighted by Crippen LogP contribution is 2.26. The number of rotatable bonds is 6. The van der Waals surface area contributed by atoms with E-state index in [2.05, 4.69) is 0 Å². The van der Waals surface area contributed by atoms with Gasteiger partial charge < -0.3 is 9.64 Å². The first-order chi connectivity index (χ1) is 8.45. The molecule has 1 rings (SSSR count). The molecule has 0 saturated heterocycles. The van der Waals surface area contributed by atoms with Crippen LogP contribution < -0.4 is 4.74 Å². The van der Waals surface area contributed by atoms with Gasteiger partial charge in [-0.3, -0.25) is 4.79 Å². The SMILES string of the molecule is CCOc1ccc(C(CC(C)=O)N(C)C)cc1F. The summed E-state index contributed by atoms with van der Waals surface area (Å²) in [4.78, 5) is 13.2. The van der Waals surface area contributed by atoms with E-state index >= 15 is 0 Å². The summed E-state index contributed by atoms with van der Waals surface area (Å²) >= 11 is 0. The van der Waals surface area contributed by atoms with Crippen LogP contribution in [0.4, 0.5) is 4.39 Å². The molecule has 0 saturated carbocycles. The number of ketones is 1. The molecule has 1 unspecified atom stereocenters. The molecule has 0 spiro atoms. The third-order valence-electron chi connectivity index (χ3n) is 2.74. The standard InChI is InChI=1S/C14H20FNO2/c1-5-18-14-7-6-11(9-12(14)15)13(16(3)4)8-10(2)17/h6-7,9,13H,5,8H2,1-4H3. The van der Waals surface area contributed by atoms with Crippen molar-refractivity contribution in [3.05, 3.63) is 29.6 Å². The van der Waals surface area contributed by atoms with E-state index in [9.17, 15) is 9.18 Å². The predicted molar refractivity (Wildman–Crippen MR) is 69.3 cm³/mol. The third-order valence-corrected chi connectivity index (χ3v) is 2.74. The Kier molecular flexibility index (Phi) is 5.28. The summed E-state index contributed by atoms with van der Waals surface area (Å²) in [6.07, 6.45) is 0.375. The minimum absolute atomic E-state index is 0.0861. The van der Waals surface area contributed by atoms with E-state index in [0.29, 0.717) is 13.0 Å². The molecule has 0 amide bonds. The molecule has 3 nitrogen and oxygen atoms in total. The number of benzene rings is 1. The summed E-state index contributed by atoms with van der Waals surface area (Å²) in [5.41, 5.74) is 0.788. The minimum Gasteiger partial charge on any atom is -0.491 e. The van der Waals surface area contributed by atoms with Crippen molar-refractivity contribution in [1.82, 2.24) is 4.90 Å². The Bertz CT molecular complexity index is 418. The summed E-state index contributed by atoms with van der Waals surface area (Å²) in [5, 5.41) is 0. The summed E-state index contributed by atoms with van der Waals surface area (Å²) in [6, 6.07) is 4.76. The second kappa shape index (κ2) is 6.50. The largest absolute Gasteiger partial charge is 0.491 e. The Labute approximate surface area is 108 Å². The van der Waals surface area contributed by atoms with Crippen molar-refractivity contribution in [1.29, 1.82) is 0 Å². The van der Waals surface area contributed by atoms with Crippen LogP contribution in [-0.4, -0.2) is 31.4 Å².